The van der Waals surface area contributed by atoms with Crippen LogP contribution in [-0.4, -0.2) is 22.1 Å². The topological polar surface area (TPSA) is 53.4 Å². The first-order valence-electron chi connectivity index (χ1n) is 8.16. The number of aromatic nitrogens is 2. The van der Waals surface area contributed by atoms with E-state index in [9.17, 15) is 4.79 Å². The predicted molar refractivity (Wildman–Crippen MR) is 103 cm³/mol. The summed E-state index contributed by atoms with van der Waals surface area (Å²) in [7, 11) is 0. The maximum Gasteiger partial charge on any atom is 0.309 e. The Morgan fingerprint density at radius 2 is 2.19 bits per heavy atom. The summed E-state index contributed by atoms with van der Waals surface area (Å²) in [6, 6.07) is 5.06. The Balaban J connectivity index is 2.13. The smallest absolute Gasteiger partial charge is 0.309 e. The zero-order chi connectivity index (χ0) is 19.2. The largest absolute Gasteiger partial charge is 0.469 e. The fourth-order valence-electron chi connectivity index (χ4n) is 2.35. The standard InChI is InChI=1S/C19H22Cl2N2O3/c1-4-5-18(24)25-12-19(2,3)11-17(23-9-8-22-13-23)26-16-10-14(20)6-7-15(16)21/h4,6-10,13,17H,1,5,11-12H2,2-3H3. The number of carbonyl (C=O) groups is 1. The second-order valence-electron chi connectivity index (χ2n) is 6.68. The molecule has 0 N–H and O–H groups in total. The molecule has 1 atom stereocenters. The third kappa shape index (κ3) is 6.07. The van der Waals surface area contributed by atoms with Crippen molar-refractivity contribution >= 4 is 29.2 Å². The van der Waals surface area contributed by atoms with Gasteiger partial charge in [0, 0.05) is 35.3 Å². The molecular weight excluding hydrogens is 375 g/mol. The molecule has 0 aliphatic rings. The Bertz CT molecular complexity index is 745. The Morgan fingerprint density at radius 1 is 1.42 bits per heavy atom. The summed E-state index contributed by atoms with van der Waals surface area (Å²) < 4.78 is 13.3. The minimum absolute atomic E-state index is 0.190. The van der Waals surface area contributed by atoms with Crippen LogP contribution >= 0.6 is 23.2 Å². The van der Waals surface area contributed by atoms with Crippen LogP contribution < -0.4 is 4.74 Å². The van der Waals surface area contributed by atoms with Crippen LogP contribution in [0.5, 0.6) is 5.75 Å². The number of esters is 1. The van der Waals surface area contributed by atoms with Gasteiger partial charge in [0.05, 0.1) is 24.4 Å². The number of nitrogens with zero attached hydrogens (tertiary/aromatic N) is 2. The quantitative estimate of drug-likeness (QED) is 0.426. The molecule has 5 nitrogen and oxygen atoms in total. The molecule has 2 aromatic rings. The summed E-state index contributed by atoms with van der Waals surface area (Å²) in [5, 5.41) is 1.00. The number of carbonyl (C=O) groups excluding carboxylic acids is 1. The van der Waals surface area contributed by atoms with Gasteiger partial charge < -0.3 is 14.0 Å². The van der Waals surface area contributed by atoms with Gasteiger partial charge in [0.2, 0.25) is 0 Å². The van der Waals surface area contributed by atoms with Gasteiger partial charge >= 0.3 is 5.97 Å². The van der Waals surface area contributed by atoms with Gasteiger partial charge in [0.15, 0.2) is 6.23 Å². The maximum absolute atomic E-state index is 11.6. The minimum atomic E-state index is -0.387. The van der Waals surface area contributed by atoms with E-state index in [-0.39, 0.29) is 30.6 Å². The molecule has 0 aliphatic carbocycles. The van der Waals surface area contributed by atoms with Gasteiger partial charge in [-0.2, -0.15) is 0 Å². The summed E-state index contributed by atoms with van der Waals surface area (Å²) >= 11 is 12.3. The number of benzene rings is 1. The van der Waals surface area contributed by atoms with Crippen molar-refractivity contribution in [3.05, 3.63) is 59.6 Å². The summed E-state index contributed by atoms with van der Waals surface area (Å²) in [5.41, 5.74) is -0.336. The molecule has 0 amide bonds. The molecule has 2 rings (SSSR count). The van der Waals surface area contributed by atoms with Crippen LogP contribution in [0.1, 0.15) is 32.9 Å². The SMILES string of the molecule is C=CCC(=O)OCC(C)(C)CC(Oc1cc(Cl)ccc1Cl)n1ccnc1. The lowest BCUT2D eigenvalue weighted by Gasteiger charge is -2.30. The van der Waals surface area contributed by atoms with E-state index in [0.29, 0.717) is 22.2 Å². The third-order valence-corrected chi connectivity index (χ3v) is 4.22. The molecule has 0 radical (unpaired) electrons. The van der Waals surface area contributed by atoms with Crippen LogP contribution in [-0.2, 0) is 9.53 Å². The van der Waals surface area contributed by atoms with E-state index < -0.39 is 0 Å². The zero-order valence-electron chi connectivity index (χ0n) is 14.8. The molecule has 1 aromatic carbocycles. The van der Waals surface area contributed by atoms with E-state index in [1.165, 1.54) is 6.08 Å². The average Bonchev–Trinajstić information content (AvgIpc) is 3.10. The number of halogens is 2. The van der Waals surface area contributed by atoms with Crippen molar-refractivity contribution in [3.8, 4) is 5.75 Å². The van der Waals surface area contributed by atoms with Gasteiger partial charge in [-0.3, -0.25) is 4.79 Å². The molecule has 1 unspecified atom stereocenters. The summed E-state index contributed by atoms with van der Waals surface area (Å²) in [6.45, 7) is 7.80. The van der Waals surface area contributed by atoms with Crippen LogP contribution in [0.15, 0.2) is 49.6 Å². The number of ether oxygens (including phenoxy) is 2. The molecule has 0 saturated heterocycles. The van der Waals surface area contributed by atoms with Crippen molar-refractivity contribution in [2.24, 2.45) is 5.41 Å². The molecule has 140 valence electrons. The normalized spacial score (nSPS) is 12.5. The van der Waals surface area contributed by atoms with Crippen molar-refractivity contribution in [2.75, 3.05) is 6.61 Å². The van der Waals surface area contributed by atoms with Crippen molar-refractivity contribution in [2.45, 2.75) is 32.9 Å². The number of hydrogen-bond donors (Lipinski definition) is 0. The first kappa shape index (κ1) is 20.3. The fourth-order valence-corrected chi connectivity index (χ4v) is 2.67. The van der Waals surface area contributed by atoms with Gasteiger partial charge in [-0.05, 0) is 12.1 Å². The molecule has 0 fully saturated rings. The van der Waals surface area contributed by atoms with E-state index >= 15 is 0 Å². The van der Waals surface area contributed by atoms with E-state index in [1.807, 2.05) is 24.6 Å². The lowest BCUT2D eigenvalue weighted by atomic mass is 9.89. The van der Waals surface area contributed by atoms with Gasteiger partial charge in [0.1, 0.15) is 5.75 Å². The molecule has 7 heteroatoms. The van der Waals surface area contributed by atoms with Gasteiger partial charge in [0.25, 0.3) is 0 Å². The number of hydrogen-bond acceptors (Lipinski definition) is 4. The predicted octanol–water partition coefficient (Wildman–Crippen LogP) is 5.30. The second-order valence-corrected chi connectivity index (χ2v) is 7.52. The van der Waals surface area contributed by atoms with Crippen LogP contribution in [0.4, 0.5) is 0 Å². The molecule has 0 bridgehead atoms. The number of rotatable bonds is 9. The Morgan fingerprint density at radius 3 is 2.85 bits per heavy atom. The van der Waals surface area contributed by atoms with Gasteiger partial charge in [-0.1, -0.05) is 43.1 Å². The molecule has 0 spiro atoms. The minimum Gasteiger partial charge on any atom is -0.469 e. The molecule has 26 heavy (non-hydrogen) atoms. The highest BCUT2D eigenvalue weighted by atomic mass is 35.5. The highest BCUT2D eigenvalue weighted by molar-refractivity contribution is 6.34. The van der Waals surface area contributed by atoms with Gasteiger partial charge in [-0.25, -0.2) is 4.98 Å². The van der Waals surface area contributed by atoms with Crippen molar-refractivity contribution in [1.82, 2.24) is 9.55 Å². The highest BCUT2D eigenvalue weighted by Gasteiger charge is 2.28. The summed E-state index contributed by atoms with van der Waals surface area (Å²) in [6.07, 6.45) is 7.04. The lowest BCUT2D eigenvalue weighted by molar-refractivity contribution is -0.146. The van der Waals surface area contributed by atoms with Gasteiger partial charge in [-0.15, -0.1) is 6.58 Å². The molecule has 0 aliphatic heterocycles. The molecule has 1 heterocycles. The third-order valence-electron chi connectivity index (χ3n) is 3.68. The van der Waals surface area contributed by atoms with Crippen molar-refractivity contribution in [1.29, 1.82) is 0 Å². The maximum atomic E-state index is 11.6. The molecule has 1 aromatic heterocycles. The lowest BCUT2D eigenvalue weighted by Crippen LogP contribution is -2.28. The Hall–Kier alpha value is -1.98. The van der Waals surface area contributed by atoms with Crippen molar-refractivity contribution in [3.63, 3.8) is 0 Å². The van der Waals surface area contributed by atoms with Crippen molar-refractivity contribution < 1.29 is 14.3 Å². The van der Waals surface area contributed by atoms with Crippen LogP contribution in [0.2, 0.25) is 10.0 Å². The second kappa shape index (κ2) is 9.10. The van der Waals surface area contributed by atoms with E-state index in [2.05, 4.69) is 11.6 Å². The average molecular weight is 397 g/mol. The first-order chi connectivity index (χ1) is 12.3. The summed E-state index contributed by atoms with van der Waals surface area (Å²) in [4.78, 5) is 15.7. The Kier molecular flexibility index (Phi) is 7.12. The van der Waals surface area contributed by atoms with E-state index in [0.717, 1.165) is 0 Å². The number of imidazole rings is 1. The zero-order valence-corrected chi connectivity index (χ0v) is 16.3. The molecular formula is C19H22Cl2N2O3. The monoisotopic (exact) mass is 396 g/mol. The van der Waals surface area contributed by atoms with Crippen LogP contribution in [0.25, 0.3) is 0 Å². The fraction of sp³-hybridized carbons (Fsp3) is 0.368. The highest BCUT2D eigenvalue weighted by Crippen LogP contribution is 2.35. The molecule has 0 saturated carbocycles. The Labute approximate surface area is 163 Å². The van der Waals surface area contributed by atoms with E-state index in [1.54, 1.807) is 30.7 Å². The van der Waals surface area contributed by atoms with Crippen LogP contribution in [0.3, 0.4) is 0 Å². The van der Waals surface area contributed by atoms with E-state index in [4.69, 9.17) is 32.7 Å². The first-order valence-corrected chi connectivity index (χ1v) is 8.92. The van der Waals surface area contributed by atoms with Crippen LogP contribution in [0, 0.1) is 5.41 Å². The summed E-state index contributed by atoms with van der Waals surface area (Å²) in [5.74, 6) is 0.184.